The molecule has 1 aliphatic heterocycles. The highest BCUT2D eigenvalue weighted by Crippen LogP contribution is 2.28. The Kier molecular flexibility index (Phi) is 4.21. The predicted molar refractivity (Wildman–Crippen MR) is 60.6 cm³/mol. The van der Waals surface area contributed by atoms with Crippen molar-refractivity contribution in [3.8, 4) is 0 Å². The average Bonchev–Trinajstić information content (AvgIpc) is 2.31. The topological polar surface area (TPSA) is 29.5 Å². The Balaban J connectivity index is 1.74. The summed E-state index contributed by atoms with van der Waals surface area (Å²) in [5, 5.41) is 10.2. The standard InChI is InChI=1S/C13H22O2/c14-13(12-4-2-1-3-5-12)10-11-6-8-15-9-7-11/h1-2,11-14H,3-10H2. The van der Waals surface area contributed by atoms with Gasteiger partial charge in [0.1, 0.15) is 0 Å². The molecule has 0 amide bonds. The van der Waals surface area contributed by atoms with E-state index in [1.807, 2.05) is 0 Å². The van der Waals surface area contributed by atoms with Crippen LogP contribution in [0.15, 0.2) is 12.2 Å². The molecule has 86 valence electrons. The van der Waals surface area contributed by atoms with Crippen LogP contribution in [0.1, 0.15) is 38.5 Å². The number of allylic oxidation sites excluding steroid dienone is 2. The zero-order valence-corrected chi connectivity index (χ0v) is 9.40. The molecule has 0 saturated carbocycles. The molecule has 1 heterocycles. The third kappa shape index (κ3) is 3.32. The van der Waals surface area contributed by atoms with Gasteiger partial charge in [-0.25, -0.2) is 0 Å². The highest BCUT2D eigenvalue weighted by molar-refractivity contribution is 4.92. The van der Waals surface area contributed by atoms with Crippen LogP contribution in [0, 0.1) is 11.8 Å². The Hall–Kier alpha value is -0.340. The Morgan fingerprint density at radius 2 is 2.00 bits per heavy atom. The molecule has 15 heavy (non-hydrogen) atoms. The summed E-state index contributed by atoms with van der Waals surface area (Å²) in [6.45, 7) is 1.78. The lowest BCUT2D eigenvalue weighted by molar-refractivity contribution is 0.0259. The first-order valence-electron chi connectivity index (χ1n) is 6.27. The van der Waals surface area contributed by atoms with Gasteiger partial charge in [-0.3, -0.25) is 0 Å². The summed E-state index contributed by atoms with van der Waals surface area (Å²) in [5.74, 6) is 1.21. The maximum atomic E-state index is 10.2. The van der Waals surface area contributed by atoms with E-state index in [1.165, 1.54) is 6.42 Å². The molecule has 2 heteroatoms. The Labute approximate surface area is 92.3 Å². The van der Waals surface area contributed by atoms with E-state index in [0.29, 0.717) is 11.8 Å². The number of hydrogen-bond donors (Lipinski definition) is 1. The minimum absolute atomic E-state index is 0.0851. The molecule has 0 radical (unpaired) electrons. The fraction of sp³-hybridized carbons (Fsp3) is 0.846. The SMILES string of the molecule is OC(CC1CCOCC1)C1CC=CCC1. The summed E-state index contributed by atoms with van der Waals surface area (Å²) in [7, 11) is 0. The molecular formula is C13H22O2. The first-order chi connectivity index (χ1) is 7.36. The lowest BCUT2D eigenvalue weighted by Gasteiger charge is -2.29. The van der Waals surface area contributed by atoms with Crippen molar-refractivity contribution in [3.63, 3.8) is 0 Å². The van der Waals surface area contributed by atoms with Crippen molar-refractivity contribution in [3.05, 3.63) is 12.2 Å². The monoisotopic (exact) mass is 210 g/mol. The van der Waals surface area contributed by atoms with Crippen LogP contribution >= 0.6 is 0 Å². The second-order valence-corrected chi connectivity index (χ2v) is 4.90. The van der Waals surface area contributed by atoms with E-state index < -0.39 is 0 Å². The zero-order valence-electron chi connectivity index (χ0n) is 9.40. The summed E-state index contributed by atoms with van der Waals surface area (Å²) in [4.78, 5) is 0. The molecule has 2 rings (SSSR count). The predicted octanol–water partition coefficient (Wildman–Crippen LogP) is 2.52. The molecule has 0 spiro atoms. The Bertz CT molecular complexity index is 207. The lowest BCUT2D eigenvalue weighted by Crippen LogP contribution is -2.27. The average molecular weight is 210 g/mol. The minimum atomic E-state index is -0.0851. The largest absolute Gasteiger partial charge is 0.393 e. The van der Waals surface area contributed by atoms with Crippen LogP contribution < -0.4 is 0 Å². The van der Waals surface area contributed by atoms with Gasteiger partial charge in [-0.2, -0.15) is 0 Å². The molecule has 2 unspecified atom stereocenters. The van der Waals surface area contributed by atoms with E-state index in [-0.39, 0.29) is 6.10 Å². The molecular weight excluding hydrogens is 188 g/mol. The first kappa shape index (κ1) is 11.2. The summed E-state index contributed by atoms with van der Waals surface area (Å²) in [6, 6.07) is 0. The van der Waals surface area contributed by atoms with Gasteiger partial charge < -0.3 is 9.84 Å². The van der Waals surface area contributed by atoms with Crippen molar-refractivity contribution in [2.24, 2.45) is 11.8 Å². The number of aliphatic hydroxyl groups is 1. The van der Waals surface area contributed by atoms with E-state index in [9.17, 15) is 5.11 Å². The maximum absolute atomic E-state index is 10.2. The first-order valence-corrected chi connectivity index (χ1v) is 6.27. The van der Waals surface area contributed by atoms with Crippen molar-refractivity contribution in [2.45, 2.75) is 44.6 Å². The van der Waals surface area contributed by atoms with Crippen LogP contribution in [-0.2, 0) is 4.74 Å². The molecule has 2 nitrogen and oxygen atoms in total. The van der Waals surface area contributed by atoms with Crippen LogP contribution in [0.3, 0.4) is 0 Å². The second-order valence-electron chi connectivity index (χ2n) is 4.90. The van der Waals surface area contributed by atoms with Crippen LogP contribution in [0.25, 0.3) is 0 Å². The minimum Gasteiger partial charge on any atom is -0.393 e. The van der Waals surface area contributed by atoms with Crippen LogP contribution in [0.5, 0.6) is 0 Å². The van der Waals surface area contributed by atoms with Gasteiger partial charge in [0.15, 0.2) is 0 Å². The molecule has 1 N–H and O–H groups in total. The van der Waals surface area contributed by atoms with Crippen LogP contribution in [-0.4, -0.2) is 24.4 Å². The van der Waals surface area contributed by atoms with Crippen molar-refractivity contribution in [1.82, 2.24) is 0 Å². The summed E-state index contributed by atoms with van der Waals surface area (Å²) in [6.07, 6.45) is 11.0. The smallest absolute Gasteiger partial charge is 0.0574 e. The number of aliphatic hydroxyl groups excluding tert-OH is 1. The van der Waals surface area contributed by atoms with Gasteiger partial charge in [0.25, 0.3) is 0 Å². The molecule has 1 fully saturated rings. The van der Waals surface area contributed by atoms with Gasteiger partial charge in [-0.05, 0) is 50.4 Å². The highest BCUT2D eigenvalue weighted by atomic mass is 16.5. The molecule has 0 bridgehead atoms. The molecule has 1 aliphatic carbocycles. The lowest BCUT2D eigenvalue weighted by atomic mass is 9.83. The van der Waals surface area contributed by atoms with Gasteiger partial charge in [-0.1, -0.05) is 12.2 Å². The summed E-state index contributed by atoms with van der Waals surface area (Å²) < 4.78 is 5.33. The van der Waals surface area contributed by atoms with Crippen LogP contribution in [0.2, 0.25) is 0 Å². The molecule has 0 aromatic rings. The Morgan fingerprint density at radius 3 is 2.67 bits per heavy atom. The van der Waals surface area contributed by atoms with Gasteiger partial charge in [0, 0.05) is 13.2 Å². The van der Waals surface area contributed by atoms with Gasteiger partial charge in [-0.15, -0.1) is 0 Å². The second kappa shape index (κ2) is 5.66. The van der Waals surface area contributed by atoms with E-state index in [1.54, 1.807) is 0 Å². The summed E-state index contributed by atoms with van der Waals surface area (Å²) >= 11 is 0. The molecule has 1 saturated heterocycles. The van der Waals surface area contributed by atoms with E-state index in [0.717, 1.165) is 45.3 Å². The van der Waals surface area contributed by atoms with Crippen LogP contribution in [0.4, 0.5) is 0 Å². The molecule has 0 aromatic heterocycles. The van der Waals surface area contributed by atoms with Crippen molar-refractivity contribution in [1.29, 1.82) is 0 Å². The normalized spacial score (nSPS) is 30.3. The number of rotatable bonds is 3. The fourth-order valence-electron chi connectivity index (χ4n) is 2.68. The van der Waals surface area contributed by atoms with Gasteiger partial charge in [0.05, 0.1) is 6.10 Å². The number of hydrogen-bond acceptors (Lipinski definition) is 2. The molecule has 2 aliphatic rings. The third-order valence-electron chi connectivity index (χ3n) is 3.77. The van der Waals surface area contributed by atoms with Crippen molar-refractivity contribution < 1.29 is 9.84 Å². The highest BCUT2D eigenvalue weighted by Gasteiger charge is 2.24. The fourth-order valence-corrected chi connectivity index (χ4v) is 2.68. The Morgan fingerprint density at radius 1 is 1.20 bits per heavy atom. The van der Waals surface area contributed by atoms with Gasteiger partial charge in [0.2, 0.25) is 0 Å². The van der Waals surface area contributed by atoms with E-state index in [4.69, 9.17) is 4.74 Å². The van der Waals surface area contributed by atoms with E-state index in [2.05, 4.69) is 12.2 Å². The van der Waals surface area contributed by atoms with Crippen molar-refractivity contribution >= 4 is 0 Å². The number of ether oxygens (including phenoxy) is 1. The molecule has 2 atom stereocenters. The van der Waals surface area contributed by atoms with E-state index >= 15 is 0 Å². The molecule has 0 aromatic carbocycles. The quantitative estimate of drug-likeness (QED) is 0.725. The van der Waals surface area contributed by atoms with Crippen molar-refractivity contribution in [2.75, 3.05) is 13.2 Å². The zero-order chi connectivity index (χ0) is 10.5. The summed E-state index contributed by atoms with van der Waals surface area (Å²) in [5.41, 5.74) is 0. The van der Waals surface area contributed by atoms with Gasteiger partial charge >= 0.3 is 0 Å². The third-order valence-corrected chi connectivity index (χ3v) is 3.77. The maximum Gasteiger partial charge on any atom is 0.0574 e.